The average Bonchev–Trinajstić information content (AvgIpc) is 3.02. The van der Waals surface area contributed by atoms with Gasteiger partial charge in [0.2, 0.25) is 0 Å². The number of benzene rings is 2. The maximum absolute atomic E-state index is 11.6. The quantitative estimate of drug-likeness (QED) is 0.393. The van der Waals surface area contributed by atoms with E-state index in [1.165, 1.54) is 15.6 Å². The van der Waals surface area contributed by atoms with E-state index in [1.54, 1.807) is 30.3 Å². The molecular formula is C16H14N6O6S. The first-order valence-corrected chi connectivity index (χ1v) is 8.56. The number of amidine groups is 1. The van der Waals surface area contributed by atoms with Gasteiger partial charge in [-0.1, -0.05) is 18.2 Å². The number of nitro benzene ring substituents is 2. The van der Waals surface area contributed by atoms with Crippen LogP contribution in [0.4, 0.5) is 22.7 Å². The molecule has 0 spiro atoms. The first-order chi connectivity index (χ1) is 13.8. The van der Waals surface area contributed by atoms with E-state index in [1.807, 2.05) is 0 Å². The van der Waals surface area contributed by atoms with Gasteiger partial charge in [0.05, 0.1) is 28.0 Å². The predicted octanol–water partition coefficient (Wildman–Crippen LogP) is 2.98. The summed E-state index contributed by atoms with van der Waals surface area (Å²) in [6, 6.07) is 11.8. The second-order valence-electron chi connectivity index (χ2n) is 5.80. The van der Waals surface area contributed by atoms with Crippen molar-refractivity contribution in [3.8, 4) is 0 Å². The number of thiol groups is 1. The lowest BCUT2D eigenvalue weighted by Gasteiger charge is -2.32. The summed E-state index contributed by atoms with van der Waals surface area (Å²) in [5.41, 5.74) is -0.494. The van der Waals surface area contributed by atoms with Crippen molar-refractivity contribution in [3.63, 3.8) is 0 Å². The van der Waals surface area contributed by atoms with Gasteiger partial charge in [0.15, 0.2) is 11.5 Å². The van der Waals surface area contributed by atoms with E-state index in [0.29, 0.717) is 5.69 Å². The zero-order chi connectivity index (χ0) is 21.1. The molecule has 0 aromatic heterocycles. The summed E-state index contributed by atoms with van der Waals surface area (Å²) in [6.07, 6.45) is -0.214. The third-order valence-corrected chi connectivity index (χ3v) is 4.33. The maximum atomic E-state index is 11.6. The number of hydrazine groups is 2. The average molecular weight is 418 g/mol. The van der Waals surface area contributed by atoms with Gasteiger partial charge < -0.3 is 5.11 Å². The number of hydrazone groups is 1. The summed E-state index contributed by atoms with van der Waals surface area (Å²) >= 11 is 4.36. The Bertz CT molecular complexity index is 1000. The number of carboxylic acids is 1. The van der Waals surface area contributed by atoms with Crippen LogP contribution in [-0.4, -0.2) is 31.2 Å². The Morgan fingerprint density at radius 2 is 1.79 bits per heavy atom. The number of rotatable bonds is 7. The molecule has 1 aliphatic rings. The van der Waals surface area contributed by atoms with Crippen LogP contribution >= 0.6 is 12.8 Å². The molecule has 0 amide bonds. The Morgan fingerprint density at radius 1 is 1.10 bits per heavy atom. The van der Waals surface area contributed by atoms with Crippen LogP contribution < -0.4 is 10.2 Å². The Labute approximate surface area is 169 Å². The fraction of sp³-hybridized carbons (Fsp3) is 0.125. The first-order valence-electron chi connectivity index (χ1n) is 8.16. The van der Waals surface area contributed by atoms with E-state index in [4.69, 9.17) is 5.11 Å². The molecule has 13 heteroatoms. The molecule has 1 N–H and O–H groups in total. The largest absolute Gasteiger partial charge is 0.481 e. The SMILES string of the molecule is O=C(O)CCC1=NN(c2ccc([N+](=O)[O-])cc2[N+](=O)[O-])N(c2ccccc2)N1S. The van der Waals surface area contributed by atoms with Gasteiger partial charge in [0, 0.05) is 12.5 Å². The van der Waals surface area contributed by atoms with Crippen molar-refractivity contribution in [2.75, 3.05) is 10.2 Å². The smallest absolute Gasteiger partial charge is 0.303 e. The molecule has 2 aromatic rings. The summed E-state index contributed by atoms with van der Waals surface area (Å²) in [5.74, 6) is -0.812. The number of aliphatic carboxylic acids is 1. The summed E-state index contributed by atoms with van der Waals surface area (Å²) in [6.45, 7) is 0. The highest BCUT2D eigenvalue weighted by atomic mass is 32.1. The minimum atomic E-state index is -1.04. The number of anilines is 2. The molecule has 0 aliphatic carbocycles. The number of carbonyl (C=O) groups is 1. The summed E-state index contributed by atoms with van der Waals surface area (Å²) in [7, 11) is 0. The lowest BCUT2D eigenvalue weighted by molar-refractivity contribution is -0.393. The first kappa shape index (κ1) is 19.9. The van der Waals surface area contributed by atoms with Crippen molar-refractivity contribution in [2.24, 2.45) is 5.10 Å². The van der Waals surface area contributed by atoms with Crippen LogP contribution in [0.15, 0.2) is 53.6 Å². The van der Waals surface area contributed by atoms with Gasteiger partial charge in [-0.25, -0.2) is 0 Å². The number of non-ortho nitro benzene ring substituents is 1. The Morgan fingerprint density at radius 3 is 2.38 bits per heavy atom. The monoisotopic (exact) mass is 418 g/mol. The van der Waals surface area contributed by atoms with Crippen molar-refractivity contribution in [1.29, 1.82) is 0 Å². The third-order valence-electron chi connectivity index (χ3n) is 3.93. The van der Waals surface area contributed by atoms with Crippen molar-refractivity contribution in [1.82, 2.24) is 4.41 Å². The molecule has 29 heavy (non-hydrogen) atoms. The molecule has 0 bridgehead atoms. The van der Waals surface area contributed by atoms with Gasteiger partial charge in [-0.3, -0.25) is 25.0 Å². The number of nitrogens with zero attached hydrogens (tertiary/aromatic N) is 6. The molecule has 0 fully saturated rings. The zero-order valence-corrected chi connectivity index (χ0v) is 15.5. The number of para-hydroxylation sites is 1. The van der Waals surface area contributed by atoms with Crippen molar-refractivity contribution < 1.29 is 19.7 Å². The van der Waals surface area contributed by atoms with E-state index in [-0.39, 0.29) is 24.4 Å². The van der Waals surface area contributed by atoms with Crippen LogP contribution in [-0.2, 0) is 4.79 Å². The highest BCUT2D eigenvalue weighted by Gasteiger charge is 2.36. The second kappa shape index (κ2) is 8.02. The minimum Gasteiger partial charge on any atom is -0.481 e. The van der Waals surface area contributed by atoms with Gasteiger partial charge in [0.25, 0.3) is 5.69 Å². The van der Waals surface area contributed by atoms with Gasteiger partial charge in [-0.2, -0.15) is 9.53 Å². The van der Waals surface area contributed by atoms with Crippen LogP contribution in [0.1, 0.15) is 12.8 Å². The maximum Gasteiger partial charge on any atom is 0.303 e. The van der Waals surface area contributed by atoms with Gasteiger partial charge >= 0.3 is 11.7 Å². The second-order valence-corrected chi connectivity index (χ2v) is 6.18. The number of hydrogen-bond acceptors (Lipinski definition) is 10. The number of carboxylic acid groups (broad SMARTS) is 1. The van der Waals surface area contributed by atoms with Crippen LogP contribution in [0.5, 0.6) is 0 Å². The molecule has 150 valence electrons. The minimum absolute atomic E-state index is 0.0133. The summed E-state index contributed by atoms with van der Waals surface area (Å²) in [5, 5.41) is 38.3. The molecule has 0 saturated carbocycles. The summed E-state index contributed by atoms with van der Waals surface area (Å²) < 4.78 is 1.27. The lowest BCUT2D eigenvalue weighted by atomic mass is 10.2. The molecule has 3 rings (SSSR count). The van der Waals surface area contributed by atoms with Crippen LogP contribution in [0.2, 0.25) is 0 Å². The highest BCUT2D eigenvalue weighted by molar-refractivity contribution is 7.78. The Kier molecular flexibility index (Phi) is 5.50. The molecule has 2 aromatic carbocycles. The molecule has 0 saturated heterocycles. The fourth-order valence-corrected chi connectivity index (χ4v) is 2.95. The molecule has 0 unspecified atom stereocenters. The van der Waals surface area contributed by atoms with Crippen LogP contribution in [0.25, 0.3) is 0 Å². The number of nitro groups is 2. The van der Waals surface area contributed by atoms with Crippen LogP contribution in [0.3, 0.4) is 0 Å². The van der Waals surface area contributed by atoms with Crippen molar-refractivity contribution in [3.05, 3.63) is 68.8 Å². The summed E-state index contributed by atoms with van der Waals surface area (Å²) in [4.78, 5) is 32.0. The van der Waals surface area contributed by atoms with Crippen LogP contribution in [0, 0.1) is 20.2 Å². The van der Waals surface area contributed by atoms with E-state index < -0.39 is 27.2 Å². The topological polar surface area (TPSA) is 146 Å². The van der Waals surface area contributed by atoms with Gasteiger partial charge in [-0.15, -0.1) is 10.2 Å². The standard InChI is InChI=1S/C16H14N6O6S/c23-16(24)9-8-15-17-18(19(20(15)29)11-4-2-1-3-5-11)13-7-6-12(21(25)26)10-14(13)22(27)28/h1-7,10,29H,8-9H2,(H,23,24). The van der Waals surface area contributed by atoms with E-state index in [0.717, 1.165) is 17.3 Å². The Balaban J connectivity index is 2.11. The van der Waals surface area contributed by atoms with Crippen molar-refractivity contribution in [2.45, 2.75) is 12.8 Å². The van der Waals surface area contributed by atoms with E-state index in [2.05, 4.69) is 17.9 Å². The highest BCUT2D eigenvalue weighted by Crippen LogP contribution is 2.38. The Hall–Kier alpha value is -3.87. The normalized spacial score (nSPS) is 13.4. The molecule has 12 nitrogen and oxygen atoms in total. The predicted molar refractivity (Wildman–Crippen MR) is 106 cm³/mol. The molecule has 1 aliphatic heterocycles. The fourth-order valence-electron chi connectivity index (χ4n) is 2.63. The lowest BCUT2D eigenvalue weighted by Crippen LogP contribution is -2.43. The van der Waals surface area contributed by atoms with E-state index >= 15 is 0 Å². The molecule has 0 atom stereocenters. The van der Waals surface area contributed by atoms with Crippen molar-refractivity contribution >= 4 is 47.4 Å². The zero-order valence-electron chi connectivity index (χ0n) is 14.7. The number of hydrogen-bond donors (Lipinski definition) is 2. The molecule has 0 radical (unpaired) electrons. The molecular weight excluding hydrogens is 404 g/mol. The molecule has 1 heterocycles. The van der Waals surface area contributed by atoms with Gasteiger partial charge in [0.1, 0.15) is 0 Å². The van der Waals surface area contributed by atoms with E-state index in [9.17, 15) is 25.0 Å². The van der Waals surface area contributed by atoms with Gasteiger partial charge in [-0.05, 0) is 31.0 Å². The third kappa shape index (κ3) is 4.03.